The van der Waals surface area contributed by atoms with E-state index in [4.69, 9.17) is 14.0 Å². The van der Waals surface area contributed by atoms with E-state index >= 15 is 0 Å². The maximum atomic E-state index is 11.6. The molecule has 1 unspecified atom stereocenters. The van der Waals surface area contributed by atoms with Gasteiger partial charge in [-0.15, -0.1) is 0 Å². The first-order valence-corrected chi connectivity index (χ1v) is 6.60. The van der Waals surface area contributed by atoms with E-state index in [1.807, 2.05) is 6.92 Å². The Morgan fingerprint density at radius 1 is 1.33 bits per heavy atom. The Balaban J connectivity index is 1.93. The van der Waals surface area contributed by atoms with Crippen LogP contribution in [0.25, 0.3) is 0 Å². The van der Waals surface area contributed by atoms with Crippen LogP contribution in [0.3, 0.4) is 0 Å². The second-order valence-electron chi connectivity index (χ2n) is 5.01. The summed E-state index contributed by atoms with van der Waals surface area (Å²) in [7, 11) is 0. The smallest absolute Gasteiger partial charge is 0.311 e. The van der Waals surface area contributed by atoms with Crippen molar-refractivity contribution in [1.82, 2.24) is 5.16 Å². The molecule has 1 aliphatic rings. The van der Waals surface area contributed by atoms with Gasteiger partial charge in [-0.05, 0) is 38.0 Å². The third kappa shape index (κ3) is 2.44. The number of nitrogens with zero attached hydrogens (tertiary/aromatic N) is 1. The number of aryl methyl sites for hydroxylation is 2. The number of hydrogen-bond donors (Lipinski definition) is 1. The molecule has 21 heavy (non-hydrogen) atoms. The van der Waals surface area contributed by atoms with Gasteiger partial charge in [0.05, 0.1) is 11.6 Å². The maximum Gasteiger partial charge on any atom is 0.311 e. The van der Waals surface area contributed by atoms with E-state index in [9.17, 15) is 9.90 Å². The highest BCUT2D eigenvalue weighted by atomic mass is 16.7. The van der Waals surface area contributed by atoms with Crippen molar-refractivity contribution in [2.24, 2.45) is 0 Å². The number of aliphatic carboxylic acids is 1. The molecular weight excluding hydrogens is 274 g/mol. The van der Waals surface area contributed by atoms with Gasteiger partial charge in [-0.3, -0.25) is 4.79 Å². The standard InChI is InChI=1S/C15H15NO5/c1-8-11(9(2)21-16-8)6-12(15(17)18)10-3-4-13-14(5-10)20-7-19-13/h3-5,12H,6-7H2,1-2H3,(H,17,18). The van der Waals surface area contributed by atoms with Crippen LogP contribution >= 0.6 is 0 Å². The number of aromatic nitrogens is 1. The molecule has 1 aromatic carbocycles. The van der Waals surface area contributed by atoms with Crippen molar-refractivity contribution >= 4 is 5.97 Å². The minimum absolute atomic E-state index is 0.167. The van der Waals surface area contributed by atoms with Gasteiger partial charge in [0.15, 0.2) is 11.5 Å². The molecule has 2 heterocycles. The van der Waals surface area contributed by atoms with Gasteiger partial charge in [-0.2, -0.15) is 0 Å². The van der Waals surface area contributed by atoms with Gasteiger partial charge in [-0.25, -0.2) is 0 Å². The van der Waals surface area contributed by atoms with Crippen LogP contribution in [0.2, 0.25) is 0 Å². The molecule has 0 saturated carbocycles. The van der Waals surface area contributed by atoms with E-state index in [1.54, 1.807) is 25.1 Å². The average Bonchev–Trinajstić information content (AvgIpc) is 3.03. The van der Waals surface area contributed by atoms with Crippen LogP contribution in [-0.2, 0) is 11.2 Å². The van der Waals surface area contributed by atoms with E-state index in [1.165, 1.54) is 0 Å². The Hall–Kier alpha value is -2.50. The first kappa shape index (κ1) is 13.5. The lowest BCUT2D eigenvalue weighted by atomic mass is 9.91. The summed E-state index contributed by atoms with van der Waals surface area (Å²) in [5.41, 5.74) is 2.23. The molecule has 2 aromatic rings. The summed E-state index contributed by atoms with van der Waals surface area (Å²) >= 11 is 0. The quantitative estimate of drug-likeness (QED) is 0.931. The minimum Gasteiger partial charge on any atom is -0.481 e. The van der Waals surface area contributed by atoms with Crippen molar-refractivity contribution in [2.75, 3.05) is 6.79 Å². The number of carbonyl (C=O) groups is 1. The van der Waals surface area contributed by atoms with Crippen LogP contribution in [0.15, 0.2) is 22.7 Å². The van der Waals surface area contributed by atoms with Gasteiger partial charge in [-0.1, -0.05) is 11.2 Å². The SMILES string of the molecule is Cc1noc(C)c1CC(C(=O)O)c1ccc2c(c1)OCO2. The van der Waals surface area contributed by atoms with Crippen molar-refractivity contribution in [1.29, 1.82) is 0 Å². The Bertz CT molecular complexity index is 672. The zero-order valence-corrected chi connectivity index (χ0v) is 11.8. The Labute approximate surface area is 121 Å². The van der Waals surface area contributed by atoms with Crippen LogP contribution in [-0.4, -0.2) is 23.0 Å². The molecule has 6 heteroatoms. The second-order valence-corrected chi connectivity index (χ2v) is 5.01. The maximum absolute atomic E-state index is 11.6. The zero-order valence-electron chi connectivity index (χ0n) is 11.8. The lowest BCUT2D eigenvalue weighted by Gasteiger charge is -2.13. The summed E-state index contributed by atoms with van der Waals surface area (Å²) in [5, 5.41) is 13.4. The summed E-state index contributed by atoms with van der Waals surface area (Å²) in [6.45, 7) is 3.76. The molecule has 1 aromatic heterocycles. The predicted octanol–water partition coefficient (Wildman–Crippen LogP) is 2.43. The molecule has 110 valence electrons. The highest BCUT2D eigenvalue weighted by Crippen LogP contribution is 2.36. The fourth-order valence-electron chi connectivity index (χ4n) is 2.48. The Kier molecular flexibility index (Phi) is 3.29. The van der Waals surface area contributed by atoms with Crippen LogP contribution in [0.5, 0.6) is 11.5 Å². The van der Waals surface area contributed by atoms with Gasteiger partial charge >= 0.3 is 5.97 Å². The molecule has 3 rings (SSSR count). The summed E-state index contributed by atoms with van der Waals surface area (Å²) in [5.74, 6) is 0.294. The van der Waals surface area contributed by atoms with Crippen LogP contribution < -0.4 is 9.47 Å². The molecule has 1 N–H and O–H groups in total. The summed E-state index contributed by atoms with van der Waals surface area (Å²) in [6, 6.07) is 5.21. The first-order chi connectivity index (χ1) is 10.1. The van der Waals surface area contributed by atoms with E-state index in [2.05, 4.69) is 5.16 Å². The van der Waals surface area contributed by atoms with E-state index in [-0.39, 0.29) is 6.79 Å². The monoisotopic (exact) mass is 289 g/mol. The molecule has 0 radical (unpaired) electrons. The van der Waals surface area contributed by atoms with E-state index in [0.717, 1.165) is 11.3 Å². The minimum atomic E-state index is -0.895. The fraction of sp³-hybridized carbons (Fsp3) is 0.333. The molecule has 0 aliphatic carbocycles. The van der Waals surface area contributed by atoms with Gasteiger partial charge in [0, 0.05) is 5.56 Å². The molecule has 0 fully saturated rings. The van der Waals surface area contributed by atoms with Crippen molar-refractivity contribution < 1.29 is 23.9 Å². The number of carboxylic acid groups (broad SMARTS) is 1. The molecule has 0 spiro atoms. The number of carboxylic acids is 1. The van der Waals surface area contributed by atoms with Crippen LogP contribution in [0.1, 0.15) is 28.5 Å². The van der Waals surface area contributed by atoms with E-state index < -0.39 is 11.9 Å². The summed E-state index contributed by atoms with van der Waals surface area (Å²) in [6.07, 6.45) is 0.330. The highest BCUT2D eigenvalue weighted by molar-refractivity contribution is 5.77. The predicted molar refractivity (Wildman–Crippen MR) is 72.6 cm³/mol. The lowest BCUT2D eigenvalue weighted by molar-refractivity contribution is -0.138. The van der Waals surface area contributed by atoms with Crippen molar-refractivity contribution in [2.45, 2.75) is 26.2 Å². The topological polar surface area (TPSA) is 81.8 Å². The van der Waals surface area contributed by atoms with Gasteiger partial charge in [0.1, 0.15) is 5.76 Å². The summed E-state index contributed by atoms with van der Waals surface area (Å²) < 4.78 is 15.6. The zero-order chi connectivity index (χ0) is 15.0. The lowest BCUT2D eigenvalue weighted by Crippen LogP contribution is -2.15. The second kappa shape index (κ2) is 5.12. The van der Waals surface area contributed by atoms with Gasteiger partial charge in [0.25, 0.3) is 0 Å². The average molecular weight is 289 g/mol. The third-order valence-corrected chi connectivity index (χ3v) is 3.69. The Morgan fingerprint density at radius 3 is 2.76 bits per heavy atom. The number of hydrogen-bond acceptors (Lipinski definition) is 5. The number of ether oxygens (including phenoxy) is 2. The summed E-state index contributed by atoms with van der Waals surface area (Å²) in [4.78, 5) is 11.6. The van der Waals surface area contributed by atoms with Crippen molar-refractivity contribution in [3.05, 3.63) is 40.8 Å². The fourth-order valence-corrected chi connectivity index (χ4v) is 2.48. The molecular formula is C15H15NO5. The van der Waals surface area contributed by atoms with Crippen LogP contribution in [0.4, 0.5) is 0 Å². The van der Waals surface area contributed by atoms with Crippen LogP contribution in [0, 0.1) is 13.8 Å². The molecule has 0 bridgehead atoms. The molecule has 6 nitrogen and oxygen atoms in total. The van der Waals surface area contributed by atoms with E-state index in [0.29, 0.717) is 29.2 Å². The number of rotatable bonds is 4. The first-order valence-electron chi connectivity index (χ1n) is 6.60. The molecule has 1 aliphatic heterocycles. The number of fused-ring (bicyclic) bond motifs is 1. The number of benzene rings is 1. The molecule has 1 atom stereocenters. The largest absolute Gasteiger partial charge is 0.481 e. The molecule has 0 saturated heterocycles. The molecule has 0 amide bonds. The normalized spacial score (nSPS) is 14.2. The highest BCUT2D eigenvalue weighted by Gasteiger charge is 2.26. The van der Waals surface area contributed by atoms with Crippen molar-refractivity contribution in [3.63, 3.8) is 0 Å². The third-order valence-electron chi connectivity index (χ3n) is 3.69. The van der Waals surface area contributed by atoms with Crippen molar-refractivity contribution in [3.8, 4) is 11.5 Å². The van der Waals surface area contributed by atoms with Gasteiger partial charge in [0.2, 0.25) is 6.79 Å². The van der Waals surface area contributed by atoms with Gasteiger partial charge < -0.3 is 19.1 Å². The Morgan fingerprint density at radius 2 is 2.10 bits per heavy atom.